The van der Waals surface area contributed by atoms with Crippen LogP contribution >= 0.6 is 50.5 Å². The minimum absolute atomic E-state index is 0.135. The summed E-state index contributed by atoms with van der Waals surface area (Å²) in [4.78, 5) is 4.94. The largest absolute Gasteiger partial charge is 0.382 e. The van der Waals surface area contributed by atoms with Gasteiger partial charge in [0.15, 0.2) is 0 Å². The molecule has 0 saturated heterocycles. The van der Waals surface area contributed by atoms with E-state index in [9.17, 15) is 5.11 Å². The van der Waals surface area contributed by atoms with Gasteiger partial charge >= 0.3 is 0 Å². The van der Waals surface area contributed by atoms with Crippen molar-refractivity contribution in [1.82, 2.24) is 10.1 Å². The number of halogens is 3. The zero-order valence-electron chi connectivity index (χ0n) is 21.1. The van der Waals surface area contributed by atoms with E-state index in [2.05, 4.69) is 27.2 Å². The number of ether oxygens (including phenoxy) is 1. The summed E-state index contributed by atoms with van der Waals surface area (Å²) in [5.41, 5.74) is 2.16. The van der Waals surface area contributed by atoms with Crippen LogP contribution in [0.5, 0.6) is 0 Å². The maximum Gasteiger partial charge on any atom is 0.145 e. The summed E-state index contributed by atoms with van der Waals surface area (Å²) in [6.07, 6.45) is 6.96. The molecule has 0 spiro atoms. The highest BCUT2D eigenvalue weighted by Gasteiger charge is 2.64. The second kappa shape index (κ2) is 9.01. The zero-order chi connectivity index (χ0) is 26.5. The zero-order valence-corrected chi connectivity index (χ0v) is 25.0. The molecule has 39 heavy (non-hydrogen) atoms. The molecule has 1 N–H and O–H groups in total. The van der Waals surface area contributed by atoms with Crippen LogP contribution in [0.15, 0.2) is 45.4 Å². The Morgan fingerprint density at radius 3 is 2.54 bits per heavy atom. The molecule has 0 radical (unpaired) electrons. The molecule has 3 unspecified atom stereocenters. The highest BCUT2D eigenvalue weighted by Crippen LogP contribution is 2.65. The summed E-state index contributed by atoms with van der Waals surface area (Å²) in [5, 5.41) is 18.7. The van der Waals surface area contributed by atoms with E-state index in [0.29, 0.717) is 39.7 Å². The maximum absolute atomic E-state index is 12.3. The molecule has 5 aliphatic rings. The lowest BCUT2D eigenvalue weighted by atomic mass is 9.48. The molecular weight excluding hydrogens is 619 g/mol. The van der Waals surface area contributed by atoms with E-state index in [1.807, 2.05) is 30.3 Å². The third-order valence-corrected chi connectivity index (χ3v) is 11.8. The second-order valence-electron chi connectivity index (χ2n) is 12.0. The molecule has 5 atom stereocenters. The van der Waals surface area contributed by atoms with E-state index in [4.69, 9.17) is 37.4 Å². The highest BCUT2D eigenvalue weighted by molar-refractivity contribution is 9.10. The third kappa shape index (κ3) is 3.98. The number of nitrogens with zero attached hydrogens (tertiary/aromatic N) is 2. The van der Waals surface area contributed by atoms with E-state index in [-0.39, 0.29) is 17.4 Å². The normalized spacial score (nSPS) is 31.4. The molecule has 4 bridgehead atoms. The van der Waals surface area contributed by atoms with Gasteiger partial charge in [-0.3, -0.25) is 0 Å². The van der Waals surface area contributed by atoms with Crippen molar-refractivity contribution < 1.29 is 14.4 Å². The Hall–Kier alpha value is -1.48. The van der Waals surface area contributed by atoms with Gasteiger partial charge < -0.3 is 14.4 Å². The molecule has 5 saturated carbocycles. The van der Waals surface area contributed by atoms with Gasteiger partial charge in [-0.15, -0.1) is 11.3 Å². The van der Waals surface area contributed by atoms with Crippen LogP contribution in [0.1, 0.15) is 67.2 Å². The Kier molecular flexibility index (Phi) is 5.83. The first-order valence-electron chi connectivity index (χ1n) is 13.7. The topological polar surface area (TPSA) is 68.4 Å². The van der Waals surface area contributed by atoms with Gasteiger partial charge in [0.2, 0.25) is 0 Å². The molecule has 0 aliphatic heterocycles. The first-order chi connectivity index (χ1) is 18.8. The molecule has 5 nitrogen and oxygen atoms in total. The molecule has 5 fully saturated rings. The molecule has 9 rings (SSSR count). The molecular formula is C30H27BrCl2N2O3S. The number of benzene rings is 2. The molecule has 202 valence electrons. The standard InChI is InChI=1S/C30H27BrCl2N2O3S/c31-19-6-7-23-24(10-19)39-28(34-23)30(36)17-8-15-9-18(30)13-29(11-15,12-17)37-14-20-26(35-38-27(20)16-4-5-16)25-21(32)2-1-3-22(25)33/h1-3,6-7,10,15-18,36H,4-5,8-9,11-14H2/t15?,17-,18?,29?,30-/m0/s1. The van der Waals surface area contributed by atoms with E-state index in [1.54, 1.807) is 11.3 Å². The fraction of sp³-hybridized carbons (Fsp3) is 0.467. The summed E-state index contributed by atoms with van der Waals surface area (Å²) in [5.74, 6) is 2.12. The molecule has 2 aromatic heterocycles. The molecule has 9 heteroatoms. The van der Waals surface area contributed by atoms with E-state index < -0.39 is 5.60 Å². The molecule has 2 heterocycles. The molecule has 0 amide bonds. The van der Waals surface area contributed by atoms with Gasteiger partial charge in [0.05, 0.1) is 32.5 Å². The SMILES string of the molecule is O[C@]1(c2nc3ccc(Br)cc3s2)C2CC3C[C@H]1CC(OCc1c(-c4c(Cl)cccc4Cl)noc1C1CC1)(C3)C2. The second-order valence-corrected chi connectivity index (χ2v) is 14.8. The van der Waals surface area contributed by atoms with E-state index in [1.165, 1.54) is 0 Å². The Bertz CT molecular complexity index is 1580. The monoisotopic (exact) mass is 644 g/mol. The fourth-order valence-corrected chi connectivity index (χ4v) is 10.1. The highest BCUT2D eigenvalue weighted by atomic mass is 79.9. The number of rotatable bonds is 6. The van der Waals surface area contributed by atoms with Crippen molar-refractivity contribution >= 4 is 60.7 Å². The quantitative estimate of drug-likeness (QED) is 0.227. The van der Waals surface area contributed by atoms with Gasteiger partial charge in [0.1, 0.15) is 22.1 Å². The number of thiazole rings is 1. The van der Waals surface area contributed by atoms with Gasteiger partial charge in [-0.1, -0.05) is 50.4 Å². The van der Waals surface area contributed by atoms with Crippen molar-refractivity contribution in [2.45, 2.75) is 68.7 Å². The van der Waals surface area contributed by atoms with E-state index in [0.717, 1.165) is 76.0 Å². The molecule has 5 aliphatic carbocycles. The molecule has 4 aromatic rings. The van der Waals surface area contributed by atoms with Crippen molar-refractivity contribution in [3.63, 3.8) is 0 Å². The van der Waals surface area contributed by atoms with Gasteiger partial charge in [0.25, 0.3) is 0 Å². The number of aliphatic hydroxyl groups is 1. The number of hydrogen-bond donors (Lipinski definition) is 1. The third-order valence-electron chi connectivity index (χ3n) is 9.56. The first kappa shape index (κ1) is 25.2. The van der Waals surface area contributed by atoms with Gasteiger partial charge in [-0.25, -0.2) is 4.98 Å². The predicted molar refractivity (Wildman–Crippen MR) is 156 cm³/mol. The predicted octanol–water partition coefficient (Wildman–Crippen LogP) is 8.88. The Morgan fingerprint density at radius 2 is 1.82 bits per heavy atom. The maximum atomic E-state index is 12.3. The van der Waals surface area contributed by atoms with Crippen LogP contribution in [0.4, 0.5) is 0 Å². The van der Waals surface area contributed by atoms with Crippen LogP contribution in [0.3, 0.4) is 0 Å². The smallest absolute Gasteiger partial charge is 0.145 e. The van der Waals surface area contributed by atoms with E-state index >= 15 is 0 Å². The van der Waals surface area contributed by atoms with Crippen LogP contribution in [-0.4, -0.2) is 20.8 Å². The van der Waals surface area contributed by atoms with Crippen molar-refractivity contribution in [3.8, 4) is 11.3 Å². The van der Waals surface area contributed by atoms with Crippen molar-refractivity contribution in [1.29, 1.82) is 0 Å². The van der Waals surface area contributed by atoms with Crippen LogP contribution in [0.25, 0.3) is 21.5 Å². The summed E-state index contributed by atoms with van der Waals surface area (Å²) in [6.45, 7) is 0.409. The Labute approximate surface area is 249 Å². The van der Waals surface area contributed by atoms with Crippen molar-refractivity contribution in [2.75, 3.05) is 0 Å². The summed E-state index contributed by atoms with van der Waals surface area (Å²) >= 11 is 18.4. The Balaban J connectivity index is 1.11. The summed E-state index contributed by atoms with van der Waals surface area (Å²) in [6, 6.07) is 11.6. The first-order valence-corrected chi connectivity index (χ1v) is 16.1. The lowest BCUT2D eigenvalue weighted by molar-refractivity contribution is -0.250. The van der Waals surface area contributed by atoms with Crippen LogP contribution in [0, 0.1) is 17.8 Å². The van der Waals surface area contributed by atoms with Crippen molar-refractivity contribution in [2.24, 2.45) is 17.8 Å². The summed E-state index contributed by atoms with van der Waals surface area (Å²) < 4.78 is 15.0. The average molecular weight is 646 g/mol. The average Bonchev–Trinajstić information content (AvgIpc) is 3.52. The van der Waals surface area contributed by atoms with Crippen LogP contribution in [0.2, 0.25) is 10.0 Å². The van der Waals surface area contributed by atoms with Crippen molar-refractivity contribution in [3.05, 3.63) is 67.2 Å². The minimum atomic E-state index is -0.896. The Morgan fingerprint density at radius 1 is 1.08 bits per heavy atom. The summed E-state index contributed by atoms with van der Waals surface area (Å²) in [7, 11) is 0. The number of fused-ring (bicyclic) bond motifs is 1. The molecule has 2 aromatic carbocycles. The lowest BCUT2D eigenvalue weighted by Gasteiger charge is -2.62. The minimum Gasteiger partial charge on any atom is -0.382 e. The number of aromatic nitrogens is 2. The fourth-order valence-electron chi connectivity index (χ4n) is 7.78. The van der Waals surface area contributed by atoms with Crippen LogP contribution in [-0.2, 0) is 16.9 Å². The van der Waals surface area contributed by atoms with Gasteiger partial charge in [0, 0.05) is 21.5 Å². The number of hydrogen-bond acceptors (Lipinski definition) is 6. The van der Waals surface area contributed by atoms with Gasteiger partial charge in [-0.05, 0) is 93.0 Å². The van der Waals surface area contributed by atoms with Crippen LogP contribution < -0.4 is 0 Å². The lowest BCUT2D eigenvalue weighted by Crippen LogP contribution is -2.62. The van der Waals surface area contributed by atoms with Gasteiger partial charge in [-0.2, -0.15) is 0 Å².